The van der Waals surface area contributed by atoms with Gasteiger partial charge in [0.15, 0.2) is 12.4 Å². The number of β-lactam (4-membered cyclic amide) rings is 1. The number of nitrogens with zero attached hydrogens (tertiary/aromatic N) is 2. The minimum atomic E-state index is -3.33. The maximum Gasteiger partial charge on any atom is 0.373 e. The van der Waals surface area contributed by atoms with Gasteiger partial charge < -0.3 is 15.5 Å². The Hall–Kier alpha value is -2.43. The molecule has 2 amide bonds. The van der Waals surface area contributed by atoms with Gasteiger partial charge in [-0.3, -0.25) is 14.5 Å². The van der Waals surface area contributed by atoms with Crippen LogP contribution < -0.4 is 9.88 Å². The third-order valence-electron chi connectivity index (χ3n) is 6.46. The fourth-order valence-electron chi connectivity index (χ4n) is 4.37. The van der Waals surface area contributed by atoms with Crippen molar-refractivity contribution in [3.8, 4) is 0 Å². The van der Waals surface area contributed by atoms with Gasteiger partial charge in [0.25, 0.3) is 11.9 Å². The van der Waals surface area contributed by atoms with Gasteiger partial charge in [-0.05, 0) is 23.8 Å². The van der Waals surface area contributed by atoms with E-state index in [1.54, 1.807) is 30.3 Å². The number of nitrogens with one attached hydrogen (secondary N) is 1. The van der Waals surface area contributed by atoms with E-state index in [0.717, 1.165) is 11.2 Å². The van der Waals surface area contributed by atoms with Crippen molar-refractivity contribution in [3.63, 3.8) is 0 Å². The zero-order valence-electron chi connectivity index (χ0n) is 22.4. The van der Waals surface area contributed by atoms with Gasteiger partial charge in [0.2, 0.25) is 5.91 Å². The maximum absolute atomic E-state index is 13.0. The molecule has 0 radical (unpaired) electrons. The Morgan fingerprint density at radius 2 is 1.86 bits per heavy atom. The van der Waals surface area contributed by atoms with Crippen molar-refractivity contribution in [2.24, 2.45) is 0 Å². The zero-order chi connectivity index (χ0) is 31.5. The lowest BCUT2D eigenvalue weighted by molar-refractivity contribution is -0.711. The molecule has 2 aromatic rings. The topological polar surface area (TPSA) is 162 Å². The molecule has 3 heterocycles. The Morgan fingerprint density at radius 1 is 1.16 bits per heavy atom. The molecule has 1 fully saturated rings. The molecular weight excluding hydrogens is 681 g/mol. The minimum Gasteiger partial charge on any atom is -0.477 e. The van der Waals surface area contributed by atoms with Gasteiger partial charge in [-0.15, -0.1) is 35.3 Å². The predicted octanol–water partition coefficient (Wildman–Crippen LogP) is 2.96. The standard InChI is InChI=1S/C26H25Cl2N3O8S4/c1-43(38,39)9-6-18(25(34)35)30-7-4-16(5-8-30)40-11-14-12-42-24-21(23(33)31(24)22(14)26(36)37)29-20(32)13-41-19-10-15(27)2-3-17(19)28/h2-5,7-8,10,18,21,24H,6,9,11-13H2,1H3,(H2-,29,32,34,35,36,37)/p+1/t18-,21+,24+/m0/s1. The molecule has 3 atom stereocenters. The van der Waals surface area contributed by atoms with Gasteiger partial charge in [-0.2, -0.15) is 4.57 Å². The Bertz CT molecular complexity index is 1590. The van der Waals surface area contributed by atoms with E-state index < -0.39 is 51.0 Å². The van der Waals surface area contributed by atoms with Crippen molar-refractivity contribution in [2.75, 3.05) is 29.3 Å². The quantitative estimate of drug-likeness (QED) is 0.160. The lowest BCUT2D eigenvalue weighted by Crippen LogP contribution is -2.70. The Labute approximate surface area is 270 Å². The van der Waals surface area contributed by atoms with Gasteiger partial charge in [-0.25, -0.2) is 18.0 Å². The molecule has 17 heteroatoms. The lowest BCUT2D eigenvalue weighted by atomic mass is 10.0. The number of pyridine rings is 1. The number of aliphatic carboxylic acids is 2. The number of fused-ring (bicyclic) bond motifs is 1. The van der Waals surface area contributed by atoms with Crippen molar-refractivity contribution in [2.45, 2.75) is 33.7 Å². The van der Waals surface area contributed by atoms with E-state index >= 15 is 0 Å². The van der Waals surface area contributed by atoms with E-state index in [1.165, 1.54) is 57.1 Å². The van der Waals surface area contributed by atoms with Crippen LogP contribution in [-0.2, 0) is 29.0 Å². The van der Waals surface area contributed by atoms with E-state index in [1.807, 2.05) is 0 Å². The average Bonchev–Trinajstić information content (AvgIpc) is 2.94. The Kier molecular flexibility index (Phi) is 11.0. The van der Waals surface area contributed by atoms with Gasteiger partial charge in [0.1, 0.15) is 27.0 Å². The molecule has 11 nitrogen and oxygen atoms in total. The van der Waals surface area contributed by atoms with Crippen LogP contribution in [0.1, 0.15) is 12.5 Å². The van der Waals surface area contributed by atoms with Crippen LogP contribution in [0.2, 0.25) is 10.0 Å². The number of sulfone groups is 1. The van der Waals surface area contributed by atoms with E-state index in [2.05, 4.69) is 5.32 Å². The number of benzene rings is 1. The van der Waals surface area contributed by atoms with Crippen LogP contribution in [-0.4, -0.2) is 88.0 Å². The van der Waals surface area contributed by atoms with Gasteiger partial charge >= 0.3 is 11.9 Å². The van der Waals surface area contributed by atoms with Crippen molar-refractivity contribution in [1.82, 2.24) is 10.2 Å². The van der Waals surface area contributed by atoms with Gasteiger partial charge in [-0.1, -0.05) is 23.2 Å². The van der Waals surface area contributed by atoms with Crippen LogP contribution in [0, 0.1) is 0 Å². The zero-order valence-corrected chi connectivity index (χ0v) is 27.2. The third-order valence-corrected chi connectivity index (χ3v) is 11.6. The number of aromatic nitrogens is 1. The Balaban J connectivity index is 1.37. The third kappa shape index (κ3) is 8.39. The summed E-state index contributed by atoms with van der Waals surface area (Å²) in [5, 5.41) is 22.5. The summed E-state index contributed by atoms with van der Waals surface area (Å²) in [4.78, 5) is 52.0. The van der Waals surface area contributed by atoms with Crippen molar-refractivity contribution >= 4 is 92.1 Å². The minimum absolute atomic E-state index is 0.00721. The molecule has 0 unspecified atom stereocenters. The molecule has 1 aromatic carbocycles. The fraction of sp³-hybridized carbons (Fsp3) is 0.346. The number of hydrogen-bond donors (Lipinski definition) is 3. The first-order valence-corrected chi connectivity index (χ1v) is 18.4. The molecule has 1 saturated heterocycles. The number of thioether (sulfide) groups is 3. The first-order chi connectivity index (χ1) is 20.2. The van der Waals surface area contributed by atoms with E-state index in [-0.39, 0.29) is 29.4 Å². The molecule has 43 heavy (non-hydrogen) atoms. The second kappa shape index (κ2) is 14.1. The number of carboxylic acids is 2. The number of halogens is 2. The number of rotatable bonds is 13. The molecule has 2 aliphatic heterocycles. The van der Waals surface area contributed by atoms with Crippen LogP contribution in [0.25, 0.3) is 0 Å². The SMILES string of the molecule is CS(=O)(=O)CC[C@@H](C(=O)O)[n+]1ccc(SCC2=C(C(=O)O)N3C(=O)[C@@H](NC(=O)CSc4cc(Cl)ccc4Cl)[C@H]3SC2)cc1. The van der Waals surface area contributed by atoms with E-state index in [0.29, 0.717) is 26.3 Å². The first kappa shape index (κ1) is 33.5. The summed E-state index contributed by atoms with van der Waals surface area (Å²) in [5.74, 6) is -2.98. The highest BCUT2D eigenvalue weighted by Crippen LogP contribution is 2.41. The maximum atomic E-state index is 13.0. The van der Waals surface area contributed by atoms with Crippen LogP contribution in [0.3, 0.4) is 0 Å². The summed E-state index contributed by atoms with van der Waals surface area (Å²) < 4.78 is 24.4. The predicted molar refractivity (Wildman–Crippen MR) is 165 cm³/mol. The molecule has 0 spiro atoms. The summed E-state index contributed by atoms with van der Waals surface area (Å²) in [6.45, 7) is 0. The highest BCUT2D eigenvalue weighted by molar-refractivity contribution is 8.01. The number of hydrogen-bond acceptors (Lipinski definition) is 9. The molecule has 0 saturated carbocycles. The normalized spacial score (nSPS) is 19.0. The largest absolute Gasteiger partial charge is 0.477 e. The van der Waals surface area contributed by atoms with Crippen molar-refractivity contribution in [3.05, 3.63) is 64.0 Å². The number of amides is 2. The van der Waals surface area contributed by atoms with Crippen LogP contribution >= 0.6 is 58.5 Å². The highest BCUT2D eigenvalue weighted by atomic mass is 35.5. The van der Waals surface area contributed by atoms with Gasteiger partial charge in [0, 0.05) is 51.1 Å². The summed E-state index contributed by atoms with van der Waals surface area (Å²) in [7, 11) is -3.33. The number of carboxylic acid groups (broad SMARTS) is 2. The fourth-order valence-corrected chi connectivity index (χ4v) is 8.69. The monoisotopic (exact) mass is 706 g/mol. The molecule has 4 rings (SSSR count). The number of carbonyl (C=O) groups excluding carboxylic acids is 2. The average molecular weight is 708 g/mol. The van der Waals surface area contributed by atoms with Crippen LogP contribution in [0.4, 0.5) is 0 Å². The molecule has 1 aromatic heterocycles. The van der Waals surface area contributed by atoms with E-state index in [4.69, 9.17) is 23.2 Å². The second-order valence-electron chi connectivity index (χ2n) is 9.62. The van der Waals surface area contributed by atoms with E-state index in [9.17, 15) is 37.8 Å². The number of carbonyl (C=O) groups is 4. The molecular formula is C26H26Cl2N3O8S4+. The second-order valence-corrected chi connectivity index (χ2v) is 15.9. The molecule has 3 N–H and O–H groups in total. The highest BCUT2D eigenvalue weighted by Gasteiger charge is 2.54. The van der Waals surface area contributed by atoms with Crippen LogP contribution in [0.5, 0.6) is 0 Å². The Morgan fingerprint density at radius 3 is 2.49 bits per heavy atom. The van der Waals surface area contributed by atoms with Crippen molar-refractivity contribution < 1.29 is 42.4 Å². The molecule has 0 aliphatic carbocycles. The summed E-state index contributed by atoms with van der Waals surface area (Å²) in [6, 6.07) is 6.31. The molecule has 230 valence electrons. The molecule has 0 bridgehead atoms. The smallest absolute Gasteiger partial charge is 0.373 e. The van der Waals surface area contributed by atoms with Crippen LogP contribution in [0.15, 0.2) is 63.8 Å². The summed E-state index contributed by atoms with van der Waals surface area (Å²) in [6.07, 6.45) is 4.03. The summed E-state index contributed by atoms with van der Waals surface area (Å²) >= 11 is 16.0. The summed E-state index contributed by atoms with van der Waals surface area (Å²) in [5.41, 5.74) is 0.431. The van der Waals surface area contributed by atoms with Gasteiger partial charge in [0.05, 0.1) is 16.5 Å². The lowest BCUT2D eigenvalue weighted by Gasteiger charge is -2.49. The molecule has 2 aliphatic rings. The van der Waals surface area contributed by atoms with Crippen molar-refractivity contribution in [1.29, 1.82) is 0 Å². The first-order valence-electron chi connectivity index (χ1n) is 12.6.